The summed E-state index contributed by atoms with van der Waals surface area (Å²) in [5.74, 6) is 0.125. The number of hydrogen-bond donors (Lipinski definition) is 0. The fourth-order valence-electron chi connectivity index (χ4n) is 3.32. The SMILES string of the molecule is CCOC(=O)C(CP=O)(OCC)C(CSc1ccc2ccccc2n1)C(C)C. The standard InChI is InChI=1S/C21H28NO4PS/c1-5-25-20(23)21(14-27-24,26-6-2)17(15(3)4)13-28-19-12-11-16-9-7-8-10-18(16)22-19/h7-12,15,17H,5-6,13-14H2,1-4H3. The van der Waals surface area contributed by atoms with Gasteiger partial charge in [0.15, 0.2) is 14.1 Å². The Balaban J connectivity index is 2.30. The third-order valence-corrected chi connectivity index (χ3v) is 6.36. The number of rotatable bonds is 11. The summed E-state index contributed by atoms with van der Waals surface area (Å²) in [6.45, 7) is 8.30. The van der Waals surface area contributed by atoms with E-state index < -0.39 is 11.6 Å². The van der Waals surface area contributed by atoms with Gasteiger partial charge in [-0.05, 0) is 31.9 Å². The van der Waals surface area contributed by atoms with Crippen LogP contribution in [0.1, 0.15) is 27.7 Å². The Bertz CT molecular complexity index is 801. The molecule has 152 valence electrons. The number of aromatic nitrogens is 1. The van der Waals surface area contributed by atoms with E-state index in [1.54, 1.807) is 18.7 Å². The molecule has 2 unspecified atom stereocenters. The zero-order chi connectivity index (χ0) is 20.6. The van der Waals surface area contributed by atoms with Crippen LogP contribution in [0.2, 0.25) is 0 Å². The molecule has 2 atom stereocenters. The lowest BCUT2D eigenvalue weighted by Crippen LogP contribution is -2.54. The van der Waals surface area contributed by atoms with Gasteiger partial charge < -0.3 is 9.47 Å². The number of nitrogens with zero attached hydrogens (tertiary/aromatic N) is 1. The van der Waals surface area contributed by atoms with Crippen LogP contribution in [0.25, 0.3) is 10.9 Å². The van der Waals surface area contributed by atoms with E-state index in [9.17, 15) is 9.36 Å². The molecule has 0 bridgehead atoms. The maximum Gasteiger partial charge on any atom is 0.339 e. The van der Waals surface area contributed by atoms with Gasteiger partial charge >= 0.3 is 5.97 Å². The maximum absolute atomic E-state index is 12.9. The lowest BCUT2D eigenvalue weighted by molar-refractivity contribution is -0.177. The number of carbonyl (C=O) groups is 1. The third kappa shape index (κ3) is 5.31. The number of benzene rings is 1. The molecule has 2 aromatic rings. The smallest absolute Gasteiger partial charge is 0.339 e. The molecule has 0 aliphatic carbocycles. The van der Waals surface area contributed by atoms with Crippen LogP contribution in [0.3, 0.4) is 0 Å². The predicted octanol–water partition coefficient (Wildman–Crippen LogP) is 5.23. The van der Waals surface area contributed by atoms with E-state index in [-0.39, 0.29) is 33.1 Å². The second kappa shape index (κ2) is 10.9. The van der Waals surface area contributed by atoms with Crippen LogP contribution in [-0.2, 0) is 18.8 Å². The highest BCUT2D eigenvalue weighted by Crippen LogP contribution is 2.37. The minimum absolute atomic E-state index is 0.0776. The summed E-state index contributed by atoms with van der Waals surface area (Å²) >= 11 is 1.58. The predicted molar refractivity (Wildman–Crippen MR) is 114 cm³/mol. The van der Waals surface area contributed by atoms with Crippen LogP contribution in [0.15, 0.2) is 41.4 Å². The fourth-order valence-corrected chi connectivity index (χ4v) is 5.30. The first kappa shape index (κ1) is 22.8. The van der Waals surface area contributed by atoms with Crippen molar-refractivity contribution in [3.05, 3.63) is 36.4 Å². The molecule has 1 aromatic carbocycles. The van der Waals surface area contributed by atoms with E-state index in [1.165, 1.54) is 0 Å². The number of pyridine rings is 1. The number of ether oxygens (including phenoxy) is 2. The molecular formula is C21H28NO4PS. The van der Waals surface area contributed by atoms with Gasteiger partial charge in [-0.2, -0.15) is 0 Å². The molecule has 1 aromatic heterocycles. The number of hydrogen-bond acceptors (Lipinski definition) is 6. The van der Waals surface area contributed by atoms with E-state index in [1.807, 2.05) is 57.2 Å². The first-order valence-electron chi connectivity index (χ1n) is 9.57. The van der Waals surface area contributed by atoms with Crippen LogP contribution in [-0.4, -0.2) is 41.7 Å². The molecule has 7 heteroatoms. The van der Waals surface area contributed by atoms with Crippen LogP contribution >= 0.6 is 20.2 Å². The van der Waals surface area contributed by atoms with E-state index in [4.69, 9.17) is 14.5 Å². The van der Waals surface area contributed by atoms with Crippen LogP contribution in [0.5, 0.6) is 0 Å². The molecule has 0 N–H and O–H groups in total. The Labute approximate surface area is 172 Å². The fraction of sp³-hybridized carbons (Fsp3) is 0.524. The van der Waals surface area contributed by atoms with Gasteiger partial charge in [-0.25, -0.2) is 9.78 Å². The number of thioether (sulfide) groups is 1. The summed E-state index contributed by atoms with van der Waals surface area (Å²) < 4.78 is 22.8. The minimum atomic E-state index is -1.23. The van der Waals surface area contributed by atoms with Gasteiger partial charge in [-0.1, -0.05) is 38.1 Å². The number of fused-ring (bicyclic) bond motifs is 1. The van der Waals surface area contributed by atoms with Gasteiger partial charge in [0, 0.05) is 23.7 Å². The summed E-state index contributed by atoms with van der Waals surface area (Å²) in [7, 11) is -0.135. The monoisotopic (exact) mass is 421 g/mol. The number of carbonyl (C=O) groups excluding carboxylic acids is 1. The molecule has 0 aliphatic heterocycles. The van der Waals surface area contributed by atoms with Crippen LogP contribution < -0.4 is 0 Å². The first-order valence-corrected chi connectivity index (χ1v) is 11.6. The van der Waals surface area contributed by atoms with Crippen LogP contribution in [0, 0.1) is 11.8 Å². The van der Waals surface area contributed by atoms with Gasteiger partial charge in [0.1, 0.15) is 0 Å². The minimum Gasteiger partial charge on any atom is -0.464 e. The molecule has 0 fully saturated rings. The summed E-state index contributed by atoms with van der Waals surface area (Å²) in [6, 6.07) is 12.0. The van der Waals surface area contributed by atoms with Crippen LogP contribution in [0.4, 0.5) is 0 Å². The zero-order valence-corrected chi connectivity index (χ0v) is 18.6. The molecule has 28 heavy (non-hydrogen) atoms. The summed E-state index contributed by atoms with van der Waals surface area (Å²) in [5.41, 5.74) is -0.292. The molecule has 0 aliphatic rings. The summed E-state index contributed by atoms with van der Waals surface area (Å²) in [5, 5.41) is 1.98. The van der Waals surface area contributed by atoms with Crippen molar-refractivity contribution >= 4 is 37.1 Å². The zero-order valence-electron chi connectivity index (χ0n) is 16.9. The van der Waals surface area contributed by atoms with Crippen molar-refractivity contribution in [2.24, 2.45) is 11.8 Å². The first-order chi connectivity index (χ1) is 13.5. The second-order valence-electron chi connectivity index (χ2n) is 6.83. The van der Waals surface area contributed by atoms with Crippen molar-refractivity contribution < 1.29 is 18.8 Å². The molecule has 0 saturated heterocycles. The number of para-hydroxylation sites is 1. The molecule has 5 nitrogen and oxygen atoms in total. The largest absolute Gasteiger partial charge is 0.464 e. The van der Waals surface area contributed by atoms with Crippen molar-refractivity contribution in [2.75, 3.05) is 25.1 Å². The number of esters is 1. The Hall–Kier alpha value is -1.49. The molecule has 0 spiro atoms. The van der Waals surface area contributed by atoms with E-state index >= 15 is 0 Å². The van der Waals surface area contributed by atoms with Gasteiger partial charge in [0.2, 0.25) is 0 Å². The molecule has 0 amide bonds. The summed E-state index contributed by atoms with van der Waals surface area (Å²) in [4.78, 5) is 17.6. The molecule has 2 rings (SSSR count). The topological polar surface area (TPSA) is 65.5 Å². The maximum atomic E-state index is 12.9. The van der Waals surface area contributed by atoms with Crippen molar-refractivity contribution in [3.8, 4) is 0 Å². The molecule has 1 heterocycles. The van der Waals surface area contributed by atoms with Gasteiger partial charge in [0.05, 0.1) is 23.3 Å². The van der Waals surface area contributed by atoms with Gasteiger partial charge in [-0.15, -0.1) is 11.8 Å². The Morgan fingerprint density at radius 2 is 1.93 bits per heavy atom. The Morgan fingerprint density at radius 1 is 1.18 bits per heavy atom. The summed E-state index contributed by atoms with van der Waals surface area (Å²) in [6.07, 6.45) is 0.0776. The van der Waals surface area contributed by atoms with E-state index in [0.717, 1.165) is 15.9 Å². The van der Waals surface area contributed by atoms with Gasteiger partial charge in [0.25, 0.3) is 0 Å². The van der Waals surface area contributed by atoms with E-state index in [2.05, 4.69) is 0 Å². The molecular weight excluding hydrogens is 393 g/mol. The Kier molecular flexibility index (Phi) is 8.87. The van der Waals surface area contributed by atoms with Crippen molar-refractivity contribution in [2.45, 2.75) is 38.3 Å². The highest BCUT2D eigenvalue weighted by molar-refractivity contribution is 7.99. The second-order valence-corrected chi connectivity index (χ2v) is 8.45. The van der Waals surface area contributed by atoms with E-state index in [0.29, 0.717) is 12.4 Å². The van der Waals surface area contributed by atoms with Crippen molar-refractivity contribution in [1.29, 1.82) is 0 Å². The molecule has 0 saturated carbocycles. The van der Waals surface area contributed by atoms with Crippen molar-refractivity contribution in [1.82, 2.24) is 4.98 Å². The highest BCUT2D eigenvalue weighted by atomic mass is 32.2. The highest BCUT2D eigenvalue weighted by Gasteiger charge is 2.49. The third-order valence-electron chi connectivity index (χ3n) is 4.71. The quantitative estimate of drug-likeness (QED) is 0.281. The lowest BCUT2D eigenvalue weighted by Gasteiger charge is -2.38. The lowest BCUT2D eigenvalue weighted by atomic mass is 9.81. The molecule has 0 radical (unpaired) electrons. The normalized spacial score (nSPS) is 14.9. The van der Waals surface area contributed by atoms with Gasteiger partial charge in [-0.3, -0.25) is 4.57 Å². The van der Waals surface area contributed by atoms with Crippen molar-refractivity contribution in [3.63, 3.8) is 0 Å². The Morgan fingerprint density at radius 3 is 2.57 bits per heavy atom. The average Bonchev–Trinajstić information content (AvgIpc) is 2.68. The average molecular weight is 421 g/mol.